The largest absolute Gasteiger partial charge is 0.463 e. The minimum atomic E-state index is -0.572. The van der Waals surface area contributed by atoms with Crippen LogP contribution in [0.25, 0.3) is 0 Å². The van der Waals surface area contributed by atoms with Gasteiger partial charge in [0.05, 0.1) is 12.2 Å². The van der Waals surface area contributed by atoms with E-state index in [-0.39, 0.29) is 12.4 Å². The predicted molar refractivity (Wildman–Crippen MR) is 107 cm³/mol. The van der Waals surface area contributed by atoms with Crippen LogP contribution in [0.15, 0.2) is 40.7 Å². The van der Waals surface area contributed by atoms with E-state index in [1.165, 1.54) is 0 Å². The van der Waals surface area contributed by atoms with Crippen LogP contribution in [0.2, 0.25) is 10.0 Å². The number of esters is 1. The summed E-state index contributed by atoms with van der Waals surface area (Å²) < 4.78 is 5.29. The molecule has 1 unspecified atom stereocenters. The SMILES string of the molecule is CCOC(=O)C1=C(C)NC2=C(C(=O)C(C)(C)CC2)C1c1ccc(Cl)cc1Cl. The highest BCUT2D eigenvalue weighted by atomic mass is 35.5. The summed E-state index contributed by atoms with van der Waals surface area (Å²) in [6.45, 7) is 7.72. The summed E-state index contributed by atoms with van der Waals surface area (Å²) >= 11 is 12.6. The van der Waals surface area contributed by atoms with Gasteiger partial charge in [-0.25, -0.2) is 4.79 Å². The minimum absolute atomic E-state index is 0.0292. The molecule has 0 aromatic heterocycles. The van der Waals surface area contributed by atoms with E-state index in [0.717, 1.165) is 18.5 Å². The Kier molecular flexibility index (Phi) is 5.42. The average Bonchev–Trinajstić information content (AvgIpc) is 2.58. The maximum absolute atomic E-state index is 13.3. The summed E-state index contributed by atoms with van der Waals surface area (Å²) in [5, 5.41) is 4.20. The lowest BCUT2D eigenvalue weighted by molar-refractivity contribution is -0.138. The van der Waals surface area contributed by atoms with E-state index in [9.17, 15) is 9.59 Å². The highest BCUT2D eigenvalue weighted by Gasteiger charge is 2.45. The lowest BCUT2D eigenvalue weighted by atomic mass is 9.67. The van der Waals surface area contributed by atoms with Crippen molar-refractivity contribution in [3.8, 4) is 0 Å². The first-order chi connectivity index (χ1) is 12.7. The van der Waals surface area contributed by atoms with Gasteiger partial charge in [0.25, 0.3) is 0 Å². The topological polar surface area (TPSA) is 55.4 Å². The number of carbonyl (C=O) groups is 2. The molecule has 0 radical (unpaired) electrons. The molecule has 0 fully saturated rings. The van der Waals surface area contributed by atoms with Crippen molar-refractivity contribution in [3.63, 3.8) is 0 Å². The number of rotatable bonds is 3. The molecule has 1 aromatic rings. The lowest BCUT2D eigenvalue weighted by Crippen LogP contribution is -2.40. The Hall–Kier alpha value is -1.78. The number of allylic oxidation sites excluding steroid dienone is 3. The second kappa shape index (κ2) is 7.33. The van der Waals surface area contributed by atoms with Gasteiger partial charge in [-0.1, -0.05) is 43.1 Å². The van der Waals surface area contributed by atoms with Crippen molar-refractivity contribution in [1.82, 2.24) is 5.32 Å². The van der Waals surface area contributed by atoms with E-state index in [0.29, 0.717) is 32.5 Å². The Labute approximate surface area is 169 Å². The molecule has 0 saturated heterocycles. The van der Waals surface area contributed by atoms with Gasteiger partial charge < -0.3 is 10.1 Å². The van der Waals surface area contributed by atoms with Crippen LogP contribution in [0, 0.1) is 5.41 Å². The van der Waals surface area contributed by atoms with Gasteiger partial charge in [0, 0.05) is 38.3 Å². The van der Waals surface area contributed by atoms with Crippen LogP contribution in [0.3, 0.4) is 0 Å². The second-order valence-corrected chi connectivity index (χ2v) is 8.43. The average molecular weight is 408 g/mol. The monoisotopic (exact) mass is 407 g/mol. The summed E-state index contributed by atoms with van der Waals surface area (Å²) in [4.78, 5) is 26.1. The van der Waals surface area contributed by atoms with Gasteiger partial charge in [0.15, 0.2) is 5.78 Å². The number of benzene rings is 1. The summed E-state index contributed by atoms with van der Waals surface area (Å²) in [5.74, 6) is -0.986. The lowest BCUT2D eigenvalue weighted by Gasteiger charge is -2.39. The molecule has 1 atom stereocenters. The van der Waals surface area contributed by atoms with E-state index < -0.39 is 17.3 Å². The molecule has 0 bridgehead atoms. The molecule has 4 nitrogen and oxygen atoms in total. The molecule has 2 aliphatic rings. The number of halogens is 2. The number of hydrogen-bond donors (Lipinski definition) is 1. The van der Waals surface area contributed by atoms with E-state index in [4.69, 9.17) is 27.9 Å². The van der Waals surface area contributed by atoms with Crippen molar-refractivity contribution in [3.05, 3.63) is 56.3 Å². The second-order valence-electron chi connectivity index (χ2n) is 7.59. The van der Waals surface area contributed by atoms with Crippen molar-refractivity contribution in [2.24, 2.45) is 5.41 Å². The molecule has 1 aliphatic carbocycles. The Morgan fingerprint density at radius 2 is 2.04 bits per heavy atom. The van der Waals surface area contributed by atoms with E-state index in [2.05, 4.69) is 5.32 Å². The van der Waals surface area contributed by atoms with Crippen molar-refractivity contribution in [1.29, 1.82) is 0 Å². The molecule has 1 heterocycles. The van der Waals surface area contributed by atoms with Crippen LogP contribution >= 0.6 is 23.2 Å². The van der Waals surface area contributed by atoms with Gasteiger partial charge in [-0.2, -0.15) is 0 Å². The van der Waals surface area contributed by atoms with Gasteiger partial charge in [-0.05, 0) is 44.4 Å². The molecule has 1 aromatic carbocycles. The number of carbonyl (C=O) groups excluding carboxylic acids is 2. The highest BCUT2D eigenvalue weighted by Crippen LogP contribution is 2.48. The van der Waals surface area contributed by atoms with Crippen LogP contribution in [0.4, 0.5) is 0 Å². The van der Waals surface area contributed by atoms with Crippen LogP contribution in [-0.4, -0.2) is 18.4 Å². The molecule has 3 rings (SSSR count). The summed E-state index contributed by atoms with van der Waals surface area (Å²) in [6.07, 6.45) is 1.49. The van der Waals surface area contributed by atoms with Crippen molar-refractivity contribution in [2.45, 2.75) is 46.5 Å². The first-order valence-corrected chi connectivity index (χ1v) is 9.80. The smallest absolute Gasteiger partial charge is 0.336 e. The fraction of sp³-hybridized carbons (Fsp3) is 0.429. The van der Waals surface area contributed by atoms with Crippen LogP contribution < -0.4 is 5.32 Å². The molecule has 0 amide bonds. The maximum atomic E-state index is 13.3. The standard InChI is InChI=1S/C21H23Cl2NO3/c1-5-27-20(26)16-11(2)24-15-8-9-21(3,4)19(25)18(15)17(16)13-7-6-12(22)10-14(13)23/h6-7,10,17,24H,5,8-9H2,1-4H3. The first-order valence-electron chi connectivity index (χ1n) is 9.05. The quantitative estimate of drug-likeness (QED) is 0.702. The number of ketones is 1. The molecule has 144 valence electrons. The summed E-state index contributed by atoms with van der Waals surface area (Å²) in [7, 11) is 0. The third-order valence-electron chi connectivity index (χ3n) is 5.27. The van der Waals surface area contributed by atoms with Gasteiger partial charge in [-0.3, -0.25) is 4.79 Å². The zero-order valence-corrected chi connectivity index (χ0v) is 17.4. The van der Waals surface area contributed by atoms with Crippen LogP contribution in [-0.2, 0) is 14.3 Å². The molecule has 1 aliphatic heterocycles. The normalized spacial score (nSPS) is 21.7. The molecule has 1 N–H and O–H groups in total. The molecule has 6 heteroatoms. The zero-order chi connectivity index (χ0) is 19.9. The number of hydrogen-bond acceptors (Lipinski definition) is 4. The third kappa shape index (κ3) is 3.53. The number of dihydropyridines is 1. The zero-order valence-electron chi connectivity index (χ0n) is 15.9. The van der Waals surface area contributed by atoms with E-state index in [1.807, 2.05) is 20.8 Å². The van der Waals surface area contributed by atoms with E-state index in [1.54, 1.807) is 25.1 Å². The van der Waals surface area contributed by atoms with Gasteiger partial charge >= 0.3 is 5.97 Å². The first kappa shape index (κ1) is 20.0. The van der Waals surface area contributed by atoms with Crippen LogP contribution in [0.1, 0.15) is 52.0 Å². The Morgan fingerprint density at radius 1 is 1.33 bits per heavy atom. The fourth-order valence-electron chi connectivity index (χ4n) is 3.80. The number of nitrogens with one attached hydrogen (secondary N) is 1. The minimum Gasteiger partial charge on any atom is -0.463 e. The summed E-state index contributed by atoms with van der Waals surface area (Å²) in [6, 6.07) is 5.14. The van der Waals surface area contributed by atoms with Gasteiger partial charge in [-0.15, -0.1) is 0 Å². The fourth-order valence-corrected chi connectivity index (χ4v) is 4.32. The molecule has 27 heavy (non-hydrogen) atoms. The summed E-state index contributed by atoms with van der Waals surface area (Å²) in [5.41, 5.74) is 2.76. The van der Waals surface area contributed by atoms with Crippen molar-refractivity contribution < 1.29 is 14.3 Å². The Bertz CT molecular complexity index is 883. The number of ether oxygens (including phenoxy) is 1. The number of Topliss-reactive ketones (excluding diaryl/α,β-unsaturated/α-hetero) is 1. The van der Waals surface area contributed by atoms with Crippen LogP contribution in [0.5, 0.6) is 0 Å². The van der Waals surface area contributed by atoms with Gasteiger partial charge in [0.1, 0.15) is 0 Å². The molecule has 0 saturated carbocycles. The van der Waals surface area contributed by atoms with Crippen molar-refractivity contribution >= 4 is 35.0 Å². The van der Waals surface area contributed by atoms with Crippen molar-refractivity contribution in [2.75, 3.05) is 6.61 Å². The maximum Gasteiger partial charge on any atom is 0.336 e. The molecule has 0 spiro atoms. The molecular weight excluding hydrogens is 385 g/mol. The van der Waals surface area contributed by atoms with E-state index >= 15 is 0 Å². The predicted octanol–water partition coefficient (Wildman–Crippen LogP) is 5.16. The third-order valence-corrected chi connectivity index (χ3v) is 5.84. The Morgan fingerprint density at radius 3 is 2.67 bits per heavy atom. The highest BCUT2D eigenvalue weighted by molar-refractivity contribution is 6.35. The molecular formula is C21H23Cl2NO3. The Balaban J connectivity index is 2.24. The van der Waals surface area contributed by atoms with Gasteiger partial charge in [0.2, 0.25) is 0 Å².